The standard InChI is InChI=1S/C24H19N5O2S/c1-14-8-10-16(11-9-14)21-15(2)12-18-20(25)22(32-24(18)27-21)23(30)26-19-13-29(28-31-19)17-6-4-3-5-7-17/h3-13H,1-2H3,(H2-,25,26,28,30). The summed E-state index contributed by atoms with van der Waals surface area (Å²) in [5.41, 5.74) is 11.5. The Labute approximate surface area is 188 Å². The number of hydrogen-bond donors (Lipinski definition) is 1. The molecule has 0 bridgehead atoms. The molecule has 0 aliphatic heterocycles. The van der Waals surface area contributed by atoms with Gasteiger partial charge in [0.15, 0.2) is 0 Å². The van der Waals surface area contributed by atoms with Crippen molar-refractivity contribution in [1.29, 1.82) is 0 Å². The summed E-state index contributed by atoms with van der Waals surface area (Å²) in [6, 6.07) is 19.6. The Bertz CT molecular complexity index is 1450. The van der Waals surface area contributed by atoms with E-state index in [9.17, 15) is 5.11 Å². The van der Waals surface area contributed by atoms with Crippen LogP contribution in [0, 0.1) is 13.8 Å². The van der Waals surface area contributed by atoms with Gasteiger partial charge in [0, 0.05) is 29.0 Å². The van der Waals surface area contributed by atoms with Gasteiger partial charge in [0.1, 0.15) is 4.83 Å². The van der Waals surface area contributed by atoms with Crippen molar-refractivity contribution in [3.8, 4) is 16.9 Å². The van der Waals surface area contributed by atoms with Crippen molar-refractivity contribution < 1.29 is 14.3 Å². The number of aliphatic imine (C=N–C) groups is 1. The van der Waals surface area contributed by atoms with Gasteiger partial charge in [0.2, 0.25) is 11.0 Å². The Hall–Kier alpha value is -4.04. The number of hydrogen-bond acceptors (Lipinski definition) is 7. The molecule has 5 aromatic rings. The number of nitrogen functional groups attached to an aromatic ring is 1. The molecule has 0 radical (unpaired) electrons. The highest BCUT2D eigenvalue weighted by Gasteiger charge is 2.17. The molecule has 2 aromatic carbocycles. The van der Waals surface area contributed by atoms with Crippen LogP contribution in [0.3, 0.4) is 0 Å². The van der Waals surface area contributed by atoms with Crippen molar-refractivity contribution in [1.82, 2.24) is 10.3 Å². The summed E-state index contributed by atoms with van der Waals surface area (Å²) in [6.45, 7) is 4.03. The number of rotatable bonds is 4. The van der Waals surface area contributed by atoms with E-state index in [1.807, 2.05) is 62.4 Å². The Kier molecular flexibility index (Phi) is 4.91. The van der Waals surface area contributed by atoms with Gasteiger partial charge in [-0.05, 0) is 30.2 Å². The SMILES string of the molecule is Cc1ccc(-c2nc3sc(/C([O-])=N/c4c[n+](-c5ccccc5)no4)c(N)c3cc2C)cc1. The van der Waals surface area contributed by atoms with Crippen molar-refractivity contribution >= 4 is 39.0 Å². The minimum absolute atomic E-state index is 0.0974. The molecule has 158 valence electrons. The Balaban J connectivity index is 1.52. The van der Waals surface area contributed by atoms with E-state index >= 15 is 0 Å². The first-order valence-electron chi connectivity index (χ1n) is 9.96. The van der Waals surface area contributed by atoms with Gasteiger partial charge < -0.3 is 10.8 Å². The lowest BCUT2D eigenvalue weighted by Crippen LogP contribution is -2.30. The van der Waals surface area contributed by atoms with E-state index in [2.05, 4.69) is 22.4 Å². The van der Waals surface area contributed by atoms with Gasteiger partial charge in [0.05, 0.1) is 16.3 Å². The molecule has 0 saturated carbocycles. The summed E-state index contributed by atoms with van der Waals surface area (Å²) in [4.78, 5) is 9.88. The lowest BCUT2D eigenvalue weighted by Gasteiger charge is -2.07. The minimum Gasteiger partial charge on any atom is -0.857 e. The van der Waals surface area contributed by atoms with Crippen LogP contribution >= 0.6 is 11.3 Å². The number of anilines is 1. The van der Waals surface area contributed by atoms with E-state index in [-0.39, 0.29) is 5.88 Å². The lowest BCUT2D eigenvalue weighted by molar-refractivity contribution is -0.670. The van der Waals surface area contributed by atoms with Crippen molar-refractivity contribution in [2.24, 2.45) is 4.99 Å². The molecule has 0 saturated heterocycles. The van der Waals surface area contributed by atoms with Crippen LogP contribution < -0.4 is 15.5 Å². The number of pyridine rings is 1. The normalized spacial score (nSPS) is 11.9. The summed E-state index contributed by atoms with van der Waals surface area (Å²) >= 11 is 1.23. The quantitative estimate of drug-likeness (QED) is 0.259. The molecular weight excluding hydrogens is 422 g/mol. The largest absolute Gasteiger partial charge is 0.857 e. The molecule has 0 aliphatic carbocycles. The van der Waals surface area contributed by atoms with Crippen LogP contribution in [-0.4, -0.2) is 16.2 Å². The monoisotopic (exact) mass is 441 g/mol. The van der Waals surface area contributed by atoms with Gasteiger partial charge in [-0.25, -0.2) is 9.98 Å². The summed E-state index contributed by atoms with van der Waals surface area (Å²) in [7, 11) is 0. The number of aromatic nitrogens is 3. The lowest BCUT2D eigenvalue weighted by atomic mass is 10.0. The van der Waals surface area contributed by atoms with E-state index in [0.29, 0.717) is 15.4 Å². The van der Waals surface area contributed by atoms with E-state index in [0.717, 1.165) is 27.9 Å². The second kappa shape index (κ2) is 7.90. The molecule has 3 aromatic heterocycles. The predicted octanol–water partition coefficient (Wildman–Crippen LogP) is 3.87. The molecule has 7 nitrogen and oxygen atoms in total. The first-order chi connectivity index (χ1) is 15.5. The molecule has 0 amide bonds. The topological polar surface area (TPSA) is 104 Å². The molecule has 0 atom stereocenters. The number of aryl methyl sites for hydroxylation is 2. The minimum atomic E-state index is -0.489. The molecule has 0 aliphatic rings. The maximum atomic E-state index is 12.9. The van der Waals surface area contributed by atoms with Crippen molar-refractivity contribution in [3.05, 3.63) is 82.9 Å². The van der Waals surface area contributed by atoms with Crippen LogP contribution in [-0.2, 0) is 0 Å². The number of nitrogens with two attached hydrogens (primary N) is 1. The number of fused-ring (bicyclic) bond motifs is 1. The number of para-hydroxylation sites is 1. The van der Waals surface area contributed by atoms with Crippen molar-refractivity contribution in [2.75, 3.05) is 5.73 Å². The zero-order valence-electron chi connectivity index (χ0n) is 17.4. The molecule has 32 heavy (non-hydrogen) atoms. The fourth-order valence-corrected chi connectivity index (χ4v) is 4.41. The first kappa shape index (κ1) is 19.9. The molecular formula is C24H19N5O2S. The van der Waals surface area contributed by atoms with Crippen LogP contribution in [0.25, 0.3) is 27.2 Å². The average Bonchev–Trinajstić information content (AvgIpc) is 3.39. The fraction of sp³-hybridized carbons (Fsp3) is 0.0833. The van der Waals surface area contributed by atoms with E-state index in [1.54, 1.807) is 6.20 Å². The van der Waals surface area contributed by atoms with Crippen LogP contribution in [0.5, 0.6) is 0 Å². The molecule has 0 fully saturated rings. The van der Waals surface area contributed by atoms with Gasteiger partial charge in [0.25, 0.3) is 6.20 Å². The number of thiophene rings is 1. The Morgan fingerprint density at radius 3 is 2.59 bits per heavy atom. The second-order valence-corrected chi connectivity index (χ2v) is 8.45. The maximum Gasteiger partial charge on any atom is 0.321 e. The third kappa shape index (κ3) is 3.61. The van der Waals surface area contributed by atoms with Crippen molar-refractivity contribution in [3.63, 3.8) is 0 Å². The van der Waals surface area contributed by atoms with Gasteiger partial charge >= 0.3 is 5.88 Å². The zero-order chi connectivity index (χ0) is 22.2. The second-order valence-electron chi connectivity index (χ2n) is 7.45. The molecule has 0 spiro atoms. The molecule has 8 heteroatoms. The molecule has 0 unspecified atom stereocenters. The first-order valence-corrected chi connectivity index (χ1v) is 10.8. The van der Waals surface area contributed by atoms with Crippen LogP contribution in [0.4, 0.5) is 11.6 Å². The van der Waals surface area contributed by atoms with E-state index in [1.165, 1.54) is 21.6 Å². The van der Waals surface area contributed by atoms with E-state index in [4.69, 9.17) is 15.2 Å². The average molecular weight is 442 g/mol. The zero-order valence-corrected chi connectivity index (χ0v) is 18.3. The molecule has 3 heterocycles. The molecule has 5 rings (SSSR count). The molecule has 2 N–H and O–H groups in total. The van der Waals surface area contributed by atoms with Gasteiger partial charge in [-0.3, -0.25) is 4.52 Å². The van der Waals surface area contributed by atoms with Crippen molar-refractivity contribution in [2.45, 2.75) is 13.8 Å². The van der Waals surface area contributed by atoms with Gasteiger partial charge in [-0.1, -0.05) is 48.0 Å². The third-order valence-electron chi connectivity index (χ3n) is 5.12. The van der Waals surface area contributed by atoms with Crippen LogP contribution in [0.1, 0.15) is 16.0 Å². The Morgan fingerprint density at radius 1 is 1.09 bits per heavy atom. The predicted molar refractivity (Wildman–Crippen MR) is 123 cm³/mol. The van der Waals surface area contributed by atoms with Gasteiger partial charge in [-0.15, -0.1) is 11.3 Å². The Morgan fingerprint density at radius 2 is 1.84 bits per heavy atom. The van der Waals surface area contributed by atoms with E-state index < -0.39 is 5.90 Å². The highest BCUT2D eigenvalue weighted by Crippen LogP contribution is 2.36. The summed E-state index contributed by atoms with van der Waals surface area (Å²) in [5, 5.41) is 17.5. The highest BCUT2D eigenvalue weighted by molar-refractivity contribution is 7.21. The fourth-order valence-electron chi connectivity index (χ4n) is 3.44. The third-order valence-corrected chi connectivity index (χ3v) is 6.22. The van der Waals surface area contributed by atoms with Gasteiger partial charge in [-0.2, -0.15) is 0 Å². The smallest absolute Gasteiger partial charge is 0.321 e. The summed E-state index contributed by atoms with van der Waals surface area (Å²) in [5.74, 6) is -0.392. The number of benzene rings is 2. The summed E-state index contributed by atoms with van der Waals surface area (Å²) in [6.07, 6.45) is 1.55. The van der Waals surface area contributed by atoms with Crippen LogP contribution in [0.15, 0.2) is 76.4 Å². The summed E-state index contributed by atoms with van der Waals surface area (Å²) < 4.78 is 6.72. The van der Waals surface area contributed by atoms with Crippen LogP contribution in [0.2, 0.25) is 0 Å². The number of nitrogens with zero attached hydrogens (tertiary/aromatic N) is 4. The maximum absolute atomic E-state index is 12.9. The highest BCUT2D eigenvalue weighted by atomic mass is 32.1.